The molecular formula is C23H21N7OU. The standard InChI is InChI=1S/C23H21N7O.U/c1-3-29(4-2)20-8-6-17(13-25-20)28-21-22-24-9-10-30(22)19(14-26-21)15-5-7-18-16(11-15)12-27-23(18)31;/h5-11,13-14H,1-4,12H2,(H,26,28)(H,27,31);/q-2;+2. The van der Waals surface area contributed by atoms with E-state index in [1.807, 2.05) is 45.8 Å². The van der Waals surface area contributed by atoms with Crippen LogP contribution in [0.1, 0.15) is 15.9 Å². The number of hydrogen-bond acceptors (Lipinski definition) is 6. The first-order valence-electron chi connectivity index (χ1n) is 9.98. The second-order valence-corrected chi connectivity index (χ2v) is 7.18. The van der Waals surface area contributed by atoms with Crippen molar-refractivity contribution in [2.75, 3.05) is 23.3 Å². The van der Waals surface area contributed by atoms with Gasteiger partial charge in [0.1, 0.15) is 5.82 Å². The molecule has 2 N–H and O–H groups in total. The number of aromatic nitrogens is 4. The number of nitrogens with zero attached hydrogens (tertiary/aromatic N) is 5. The number of pyridine rings is 1. The molecule has 1 aromatic carbocycles. The molecule has 0 bridgehead atoms. The van der Waals surface area contributed by atoms with Gasteiger partial charge in [0, 0.05) is 30.1 Å². The summed E-state index contributed by atoms with van der Waals surface area (Å²) in [6.07, 6.45) is 7.20. The maximum Gasteiger partial charge on any atom is 2.00 e. The van der Waals surface area contributed by atoms with Gasteiger partial charge in [-0.3, -0.25) is 9.20 Å². The number of hydrogen-bond donors (Lipinski definition) is 2. The van der Waals surface area contributed by atoms with E-state index in [9.17, 15) is 4.79 Å². The first-order chi connectivity index (χ1) is 15.2. The summed E-state index contributed by atoms with van der Waals surface area (Å²) < 4.78 is 1.98. The van der Waals surface area contributed by atoms with Crippen LogP contribution in [0.2, 0.25) is 0 Å². The van der Waals surface area contributed by atoms with E-state index in [1.54, 1.807) is 18.6 Å². The average molecular weight is 649 g/mol. The Morgan fingerprint density at radius 3 is 2.69 bits per heavy atom. The van der Waals surface area contributed by atoms with Gasteiger partial charge in [-0.15, -0.1) is 13.1 Å². The normalized spacial score (nSPS) is 12.2. The Kier molecular flexibility index (Phi) is 6.49. The first-order valence-corrected chi connectivity index (χ1v) is 9.98. The summed E-state index contributed by atoms with van der Waals surface area (Å²) in [6.45, 7) is 9.55. The molecule has 32 heavy (non-hydrogen) atoms. The molecule has 0 fully saturated rings. The van der Waals surface area contributed by atoms with Crippen LogP contribution in [0.4, 0.5) is 17.3 Å². The van der Waals surface area contributed by atoms with Crippen LogP contribution in [0.25, 0.3) is 16.9 Å². The van der Waals surface area contributed by atoms with E-state index in [0.29, 0.717) is 31.1 Å². The molecule has 3 aromatic heterocycles. The van der Waals surface area contributed by atoms with E-state index in [4.69, 9.17) is 0 Å². The zero-order valence-electron chi connectivity index (χ0n) is 17.4. The number of rotatable bonds is 6. The van der Waals surface area contributed by atoms with Crippen LogP contribution in [0.15, 0.2) is 55.1 Å². The van der Waals surface area contributed by atoms with Gasteiger partial charge in [0.05, 0.1) is 23.8 Å². The van der Waals surface area contributed by atoms with Crippen molar-refractivity contribution in [3.05, 3.63) is 80.1 Å². The van der Waals surface area contributed by atoms with Crippen molar-refractivity contribution in [1.29, 1.82) is 0 Å². The van der Waals surface area contributed by atoms with Crippen molar-refractivity contribution in [3.63, 3.8) is 0 Å². The molecule has 4 heterocycles. The van der Waals surface area contributed by atoms with Crippen molar-refractivity contribution < 1.29 is 35.9 Å². The quantitative estimate of drug-likeness (QED) is 0.312. The zero-order valence-corrected chi connectivity index (χ0v) is 21.5. The number of carbonyl (C=O) groups is 1. The van der Waals surface area contributed by atoms with Gasteiger partial charge >= 0.3 is 31.1 Å². The average Bonchev–Trinajstić information content (AvgIpc) is 3.43. The molecule has 0 saturated heterocycles. The maximum absolute atomic E-state index is 11.8. The number of amides is 1. The molecule has 0 aliphatic carbocycles. The fourth-order valence-corrected chi connectivity index (χ4v) is 3.74. The van der Waals surface area contributed by atoms with Gasteiger partial charge in [-0.05, 0) is 29.8 Å². The van der Waals surface area contributed by atoms with Gasteiger partial charge in [0.25, 0.3) is 5.91 Å². The molecule has 9 heteroatoms. The topological polar surface area (TPSA) is 87.5 Å². The van der Waals surface area contributed by atoms with Gasteiger partial charge < -0.3 is 29.4 Å². The van der Waals surface area contributed by atoms with Gasteiger partial charge in [0.2, 0.25) is 0 Å². The Labute approximate surface area is 209 Å². The third-order valence-corrected chi connectivity index (χ3v) is 5.39. The molecule has 4 aromatic rings. The fourth-order valence-electron chi connectivity index (χ4n) is 3.74. The summed E-state index contributed by atoms with van der Waals surface area (Å²) in [7, 11) is 0. The molecule has 158 valence electrons. The summed E-state index contributed by atoms with van der Waals surface area (Å²) in [6, 6.07) is 9.69. The summed E-state index contributed by atoms with van der Waals surface area (Å²) in [5, 5.41) is 6.15. The van der Waals surface area contributed by atoms with E-state index in [-0.39, 0.29) is 37.0 Å². The van der Waals surface area contributed by atoms with Gasteiger partial charge in [-0.2, -0.15) is 0 Å². The molecule has 5 rings (SSSR count). The van der Waals surface area contributed by atoms with E-state index < -0.39 is 0 Å². The summed E-state index contributed by atoms with van der Waals surface area (Å²) in [5.41, 5.74) is 5.10. The molecule has 1 amide bonds. The second kappa shape index (κ2) is 9.31. The van der Waals surface area contributed by atoms with Crippen LogP contribution >= 0.6 is 0 Å². The largest absolute Gasteiger partial charge is 2.00 e. The molecule has 1 aliphatic rings. The predicted molar refractivity (Wildman–Crippen MR) is 120 cm³/mol. The van der Waals surface area contributed by atoms with Crippen LogP contribution < -0.4 is 15.5 Å². The number of imidazole rings is 1. The number of anilines is 3. The third kappa shape index (κ3) is 3.98. The van der Waals surface area contributed by atoms with Crippen LogP contribution in [0, 0.1) is 45.0 Å². The Morgan fingerprint density at radius 2 is 1.94 bits per heavy atom. The van der Waals surface area contributed by atoms with E-state index in [1.165, 1.54) is 0 Å². The Bertz CT molecular complexity index is 1270. The van der Waals surface area contributed by atoms with Crippen molar-refractivity contribution in [2.45, 2.75) is 6.54 Å². The summed E-state index contributed by atoms with van der Waals surface area (Å²) >= 11 is 0. The Morgan fingerprint density at radius 1 is 1.09 bits per heavy atom. The van der Waals surface area contributed by atoms with Crippen LogP contribution in [0.5, 0.6) is 0 Å². The van der Waals surface area contributed by atoms with Crippen molar-refractivity contribution in [3.8, 4) is 11.3 Å². The van der Waals surface area contributed by atoms with Crippen molar-refractivity contribution >= 4 is 28.9 Å². The van der Waals surface area contributed by atoms with E-state index >= 15 is 0 Å². The molecule has 0 unspecified atom stereocenters. The molecule has 0 atom stereocenters. The van der Waals surface area contributed by atoms with Gasteiger partial charge in [-0.1, -0.05) is 6.07 Å². The number of carbonyl (C=O) groups excluding carboxylic acids is 1. The predicted octanol–water partition coefficient (Wildman–Crippen LogP) is 3.25. The molecule has 0 radical (unpaired) electrons. The Hall–Kier alpha value is -2.89. The number of benzene rings is 1. The van der Waals surface area contributed by atoms with Crippen LogP contribution in [-0.4, -0.2) is 38.3 Å². The second-order valence-electron chi connectivity index (χ2n) is 7.18. The maximum atomic E-state index is 11.8. The third-order valence-electron chi connectivity index (χ3n) is 5.39. The number of fused-ring (bicyclic) bond motifs is 2. The molecule has 1 aliphatic heterocycles. The molecule has 0 saturated carbocycles. The summed E-state index contributed by atoms with van der Waals surface area (Å²) in [5.74, 6) is 1.43. The van der Waals surface area contributed by atoms with Crippen molar-refractivity contribution in [2.24, 2.45) is 0 Å². The van der Waals surface area contributed by atoms with Gasteiger partial charge in [-0.25, -0.2) is 15.0 Å². The van der Waals surface area contributed by atoms with Gasteiger partial charge in [0.15, 0.2) is 11.5 Å². The molecule has 0 spiro atoms. The smallest absolute Gasteiger partial charge is 0.417 e. The minimum atomic E-state index is -0.0276. The molecule has 8 nitrogen and oxygen atoms in total. The fraction of sp³-hybridized carbons (Fsp3) is 0.130. The van der Waals surface area contributed by atoms with E-state index in [0.717, 1.165) is 33.9 Å². The van der Waals surface area contributed by atoms with Crippen molar-refractivity contribution in [1.82, 2.24) is 24.7 Å². The SMILES string of the molecule is [CH2-]CN(C[CH2-])c1ccc(Nc2ncc(-c3ccc4c(c3)CNC4=O)n3ccnc23)cn1.[U+2]. The first kappa shape index (κ1) is 22.3. The summed E-state index contributed by atoms with van der Waals surface area (Å²) in [4.78, 5) is 27.4. The Balaban J connectivity index is 0.00000245. The van der Waals surface area contributed by atoms with E-state index in [2.05, 4.69) is 39.4 Å². The monoisotopic (exact) mass is 649 g/mol. The molecular weight excluding hydrogens is 628 g/mol. The van der Waals surface area contributed by atoms with Crippen LogP contribution in [0.3, 0.4) is 0 Å². The minimum absolute atomic E-state index is 0. The number of nitrogens with one attached hydrogen (secondary N) is 2. The minimum Gasteiger partial charge on any atom is -0.417 e. The zero-order chi connectivity index (χ0) is 21.4. The van der Waals surface area contributed by atoms with Crippen LogP contribution in [-0.2, 0) is 6.54 Å².